The van der Waals surface area contributed by atoms with E-state index in [1.54, 1.807) is 6.92 Å². The van der Waals surface area contributed by atoms with Crippen LogP contribution in [-0.4, -0.2) is 23.4 Å². The zero-order valence-corrected chi connectivity index (χ0v) is 16.1. The molecule has 0 heterocycles. The van der Waals surface area contributed by atoms with Gasteiger partial charge in [-0.25, -0.2) is 30.7 Å². The van der Waals surface area contributed by atoms with Gasteiger partial charge in [-0.1, -0.05) is 19.1 Å². The topological polar surface area (TPSA) is 92.3 Å². The molecule has 0 saturated carbocycles. The number of rotatable bonds is 7. The molecule has 0 unspecified atom stereocenters. The quantitative estimate of drug-likeness (QED) is 0.648. The van der Waals surface area contributed by atoms with E-state index in [0.717, 1.165) is 0 Å². The Labute approximate surface area is 159 Å². The minimum Gasteiger partial charge on any atom is -0.211 e. The van der Waals surface area contributed by atoms with Crippen molar-refractivity contribution < 1.29 is 34.4 Å². The first-order valence-electron chi connectivity index (χ1n) is 7.82. The first-order valence-corrected chi connectivity index (χ1v) is 10.8. The largest absolute Gasteiger partial charge is 0.416 e. The van der Waals surface area contributed by atoms with Crippen LogP contribution < -0.4 is 9.44 Å². The molecule has 2 N–H and O–H groups in total. The highest BCUT2D eigenvalue weighted by molar-refractivity contribution is 7.89. The molecule has 0 aliphatic rings. The summed E-state index contributed by atoms with van der Waals surface area (Å²) in [5.41, 5.74) is -1.06. The van der Waals surface area contributed by atoms with Crippen LogP contribution in [0.3, 0.4) is 0 Å². The van der Waals surface area contributed by atoms with E-state index >= 15 is 0 Å². The number of sulfonamides is 2. The van der Waals surface area contributed by atoms with Crippen molar-refractivity contribution >= 4 is 20.0 Å². The summed E-state index contributed by atoms with van der Waals surface area (Å²) in [5, 5.41) is 0. The molecule has 6 nitrogen and oxygen atoms in total. The van der Waals surface area contributed by atoms with Gasteiger partial charge in [0, 0.05) is 13.1 Å². The average molecular weight is 440 g/mol. The highest BCUT2D eigenvalue weighted by atomic mass is 32.2. The van der Waals surface area contributed by atoms with Crippen molar-refractivity contribution in [1.82, 2.24) is 9.44 Å². The van der Waals surface area contributed by atoms with Crippen LogP contribution >= 0.6 is 0 Å². The van der Waals surface area contributed by atoms with E-state index < -0.39 is 49.0 Å². The van der Waals surface area contributed by atoms with Crippen LogP contribution in [-0.2, 0) is 32.8 Å². The second-order valence-corrected chi connectivity index (χ2v) is 9.12. The maximum Gasteiger partial charge on any atom is 0.416 e. The average Bonchev–Trinajstić information content (AvgIpc) is 2.59. The lowest BCUT2D eigenvalue weighted by atomic mass is 10.2. The van der Waals surface area contributed by atoms with E-state index in [4.69, 9.17) is 0 Å². The number of halogens is 4. The molecule has 2 aromatic carbocycles. The highest BCUT2D eigenvalue weighted by Gasteiger charge is 2.32. The second kappa shape index (κ2) is 8.15. The summed E-state index contributed by atoms with van der Waals surface area (Å²) < 4.78 is 104. The maximum atomic E-state index is 13.9. The molecule has 12 heteroatoms. The predicted molar refractivity (Wildman–Crippen MR) is 92.7 cm³/mol. The van der Waals surface area contributed by atoms with Crippen molar-refractivity contribution in [2.24, 2.45) is 0 Å². The first kappa shape index (κ1) is 22.3. The van der Waals surface area contributed by atoms with Crippen LogP contribution in [0.1, 0.15) is 18.1 Å². The van der Waals surface area contributed by atoms with E-state index in [1.807, 2.05) is 4.72 Å². The van der Waals surface area contributed by atoms with Gasteiger partial charge < -0.3 is 0 Å². The molecule has 0 spiro atoms. The molecule has 0 aromatic heterocycles. The maximum absolute atomic E-state index is 13.9. The normalized spacial score (nSPS) is 12.9. The Balaban J connectivity index is 2.23. The van der Waals surface area contributed by atoms with E-state index in [0.29, 0.717) is 12.1 Å². The Morgan fingerprint density at radius 1 is 0.929 bits per heavy atom. The van der Waals surface area contributed by atoms with Crippen molar-refractivity contribution in [1.29, 1.82) is 0 Å². The van der Waals surface area contributed by atoms with Gasteiger partial charge in [-0.2, -0.15) is 13.2 Å². The van der Waals surface area contributed by atoms with E-state index in [9.17, 15) is 34.4 Å². The van der Waals surface area contributed by atoms with Gasteiger partial charge in [-0.05, 0) is 35.9 Å². The summed E-state index contributed by atoms with van der Waals surface area (Å²) in [6, 6.07) is 6.45. The summed E-state index contributed by atoms with van der Waals surface area (Å²) in [6.45, 7) is 1.36. The van der Waals surface area contributed by atoms with E-state index in [-0.39, 0.29) is 23.1 Å². The van der Waals surface area contributed by atoms with Crippen LogP contribution in [0.5, 0.6) is 0 Å². The van der Waals surface area contributed by atoms with Gasteiger partial charge in [0.1, 0.15) is 10.7 Å². The van der Waals surface area contributed by atoms with Gasteiger partial charge in [-0.3, -0.25) is 0 Å². The summed E-state index contributed by atoms with van der Waals surface area (Å²) in [6.07, 6.45) is -4.81. The lowest BCUT2D eigenvalue weighted by Crippen LogP contribution is -2.25. The summed E-state index contributed by atoms with van der Waals surface area (Å²) in [4.78, 5) is -1.04. The number of nitrogens with one attached hydrogen (secondary N) is 2. The van der Waals surface area contributed by atoms with Gasteiger partial charge in [0.15, 0.2) is 0 Å². The molecular weight excluding hydrogens is 424 g/mol. The third kappa shape index (κ3) is 5.28. The van der Waals surface area contributed by atoms with Crippen LogP contribution in [0.15, 0.2) is 52.3 Å². The predicted octanol–water partition coefficient (Wildman–Crippen LogP) is 2.62. The number of alkyl halides is 3. The highest BCUT2D eigenvalue weighted by Crippen LogP contribution is 2.31. The number of hydrogen-bond donors (Lipinski definition) is 2. The van der Waals surface area contributed by atoms with Gasteiger partial charge in [-0.15, -0.1) is 0 Å². The molecule has 0 aliphatic heterocycles. The lowest BCUT2D eigenvalue weighted by molar-refractivity contribution is -0.137. The molecule has 2 aromatic rings. The fourth-order valence-corrected chi connectivity index (χ4v) is 4.43. The molecule has 0 bridgehead atoms. The molecule has 28 heavy (non-hydrogen) atoms. The first-order chi connectivity index (χ1) is 12.9. The third-order valence-electron chi connectivity index (χ3n) is 3.56. The molecule has 0 aliphatic carbocycles. The summed E-state index contributed by atoms with van der Waals surface area (Å²) in [5.74, 6) is -1.55. The fraction of sp³-hybridized carbons (Fsp3) is 0.250. The van der Waals surface area contributed by atoms with Crippen molar-refractivity contribution in [2.45, 2.75) is 29.4 Å². The number of benzene rings is 2. The molecular formula is C16H16F4N2O4S2. The lowest BCUT2D eigenvalue weighted by Gasteiger charge is -2.11. The molecule has 2 rings (SSSR count). The van der Waals surface area contributed by atoms with Crippen molar-refractivity contribution in [3.05, 3.63) is 59.4 Å². The van der Waals surface area contributed by atoms with Gasteiger partial charge in [0.05, 0.1) is 10.5 Å². The molecule has 0 atom stereocenters. The Bertz CT molecular complexity index is 1070. The Kier molecular flexibility index (Phi) is 6.48. The summed E-state index contributed by atoms with van der Waals surface area (Å²) in [7, 11) is -8.23. The Morgan fingerprint density at radius 3 is 2.18 bits per heavy atom. The standard InChI is InChI=1S/C16H16F4N2O4S2/c1-2-21-27(23,24)13-5-3-4-11(8-13)10-22-28(25,26)15-7-6-12(9-14(15)17)16(18,19)20/h3-9,21-22H,2,10H2,1H3. The molecule has 154 valence electrons. The van der Waals surface area contributed by atoms with Crippen LogP contribution in [0, 0.1) is 5.82 Å². The minimum absolute atomic E-state index is 0.0910. The smallest absolute Gasteiger partial charge is 0.211 e. The SMILES string of the molecule is CCNS(=O)(=O)c1cccc(CNS(=O)(=O)c2ccc(C(F)(F)F)cc2F)c1. The van der Waals surface area contributed by atoms with Crippen molar-refractivity contribution in [3.63, 3.8) is 0 Å². The Hall–Kier alpha value is -2.02. The monoisotopic (exact) mass is 440 g/mol. The van der Waals surface area contributed by atoms with Gasteiger partial charge in [0.25, 0.3) is 0 Å². The van der Waals surface area contributed by atoms with Crippen LogP contribution in [0.25, 0.3) is 0 Å². The number of hydrogen-bond acceptors (Lipinski definition) is 4. The molecule has 0 radical (unpaired) electrons. The van der Waals surface area contributed by atoms with Gasteiger partial charge >= 0.3 is 6.18 Å². The molecule has 0 saturated heterocycles. The van der Waals surface area contributed by atoms with E-state index in [1.165, 1.54) is 24.3 Å². The molecule has 0 amide bonds. The van der Waals surface area contributed by atoms with Gasteiger partial charge in [0.2, 0.25) is 20.0 Å². The van der Waals surface area contributed by atoms with E-state index in [2.05, 4.69) is 4.72 Å². The van der Waals surface area contributed by atoms with Crippen molar-refractivity contribution in [3.8, 4) is 0 Å². The van der Waals surface area contributed by atoms with Crippen LogP contribution in [0.2, 0.25) is 0 Å². The third-order valence-corrected chi connectivity index (χ3v) is 6.54. The van der Waals surface area contributed by atoms with Crippen LogP contribution in [0.4, 0.5) is 17.6 Å². The summed E-state index contributed by atoms with van der Waals surface area (Å²) >= 11 is 0. The zero-order valence-electron chi connectivity index (χ0n) is 14.4. The minimum atomic E-state index is -4.81. The molecule has 0 fully saturated rings. The second-order valence-electron chi connectivity index (χ2n) is 5.62. The fourth-order valence-electron chi connectivity index (χ4n) is 2.25. The Morgan fingerprint density at radius 2 is 1.61 bits per heavy atom. The van der Waals surface area contributed by atoms with Crippen molar-refractivity contribution in [2.75, 3.05) is 6.54 Å². The zero-order chi connectivity index (χ0) is 21.2.